The number of benzene rings is 4. The van der Waals surface area contributed by atoms with E-state index in [9.17, 15) is 13.2 Å². The monoisotopic (exact) mass is 488 g/mol. The van der Waals surface area contributed by atoms with Gasteiger partial charge in [0.2, 0.25) is 0 Å². The molecule has 0 aromatic heterocycles. The van der Waals surface area contributed by atoms with E-state index in [4.69, 9.17) is 13.0 Å². The van der Waals surface area contributed by atoms with E-state index in [1.165, 1.54) is 25.8 Å². The van der Waals surface area contributed by atoms with Crippen LogP contribution in [-0.2, 0) is 21.0 Å². The second-order valence-corrected chi connectivity index (χ2v) is 10.1. The van der Waals surface area contributed by atoms with E-state index >= 15 is 0 Å². The molecule has 0 N–H and O–H groups in total. The van der Waals surface area contributed by atoms with E-state index in [1.807, 2.05) is 0 Å². The molecule has 170 valence electrons. The molecule has 0 radical (unpaired) electrons. The van der Waals surface area contributed by atoms with Crippen molar-refractivity contribution in [1.29, 1.82) is 0 Å². The summed E-state index contributed by atoms with van der Waals surface area (Å²) in [7, 11) is -6.17. The van der Waals surface area contributed by atoms with E-state index in [1.54, 1.807) is 0 Å². The third-order valence-electron chi connectivity index (χ3n) is 4.44. The molecule has 33 heavy (non-hydrogen) atoms. The summed E-state index contributed by atoms with van der Waals surface area (Å²) >= 11 is 0. The topological polar surface area (TPSA) is 57.2 Å². The van der Waals surface area contributed by atoms with Gasteiger partial charge in [-0.15, -0.1) is 0 Å². The van der Waals surface area contributed by atoms with Gasteiger partial charge in [0.1, 0.15) is 0 Å². The lowest BCUT2D eigenvalue weighted by Gasteiger charge is -2.09. The van der Waals surface area contributed by atoms with Gasteiger partial charge in [-0.25, -0.2) is 8.42 Å². The summed E-state index contributed by atoms with van der Waals surface area (Å²) in [5, 5.41) is 0. The Morgan fingerprint density at radius 1 is 0.545 bits per heavy atom. The lowest BCUT2D eigenvalue weighted by molar-refractivity contribution is -0.0517. The summed E-state index contributed by atoms with van der Waals surface area (Å²) < 4.78 is 58.9. The summed E-state index contributed by atoms with van der Waals surface area (Å²) in [6.07, 6.45) is 0. The van der Waals surface area contributed by atoms with Crippen molar-refractivity contribution in [2.45, 2.75) is 20.2 Å². The summed E-state index contributed by atoms with van der Waals surface area (Å²) in [6.45, 7) is 0. The van der Waals surface area contributed by atoms with Crippen molar-refractivity contribution in [2.24, 2.45) is 0 Å². The van der Waals surface area contributed by atoms with Crippen molar-refractivity contribution >= 4 is 21.0 Å². The molecule has 0 saturated carbocycles. The van der Waals surface area contributed by atoms with Crippen LogP contribution < -0.4 is 0 Å². The molecular weight excluding hydrogens is 469 g/mol. The van der Waals surface area contributed by atoms with Crippen LogP contribution in [0.25, 0.3) is 11.1 Å². The Hall–Kier alpha value is -3.07. The fourth-order valence-electron chi connectivity index (χ4n) is 2.94. The Labute approximate surface area is 193 Å². The number of hydrogen-bond acceptors (Lipinski definition) is 3. The summed E-state index contributed by atoms with van der Waals surface area (Å²) in [5.41, 5.74) is -3.13. The molecule has 0 saturated heterocycles. The average Bonchev–Trinajstić information content (AvgIpc) is 2.81. The smallest absolute Gasteiger partial charge is 0.485 e. The van der Waals surface area contributed by atoms with E-state index in [0.717, 1.165) is 0 Å². The molecule has 0 spiro atoms. The molecule has 0 aliphatic carbocycles. The maximum atomic E-state index is 10.7. The van der Waals surface area contributed by atoms with Crippen LogP contribution in [0.5, 0.6) is 0 Å². The van der Waals surface area contributed by atoms with Crippen LogP contribution in [0.2, 0.25) is 0 Å². The Bertz CT molecular complexity index is 1210. The molecule has 0 aliphatic rings. The molecule has 0 atom stereocenters. The quantitative estimate of drug-likeness (QED) is 0.187. The average molecular weight is 489 g/mol. The van der Waals surface area contributed by atoms with Crippen LogP contribution >= 0.6 is 0 Å². The number of hydrogen-bond donors (Lipinski definition) is 0. The molecule has 4 aromatic rings. The Kier molecular flexibility index (Phi) is 7.97. The minimum atomic E-state index is -6.09. The van der Waals surface area contributed by atoms with Crippen LogP contribution in [0.4, 0.5) is 13.2 Å². The van der Waals surface area contributed by atoms with Crippen molar-refractivity contribution in [3.8, 4) is 11.1 Å². The SMILES string of the molecule is O=S(=O)([O-])C(F)(F)F.c1ccc(-c2ccc([S+](c3ccccc3)c3ccccc3)cc2)cc1. The van der Waals surface area contributed by atoms with Gasteiger partial charge in [0.15, 0.2) is 24.8 Å². The summed E-state index contributed by atoms with van der Waals surface area (Å²) in [6, 6.07) is 41.1. The van der Waals surface area contributed by atoms with Crippen molar-refractivity contribution in [3.63, 3.8) is 0 Å². The van der Waals surface area contributed by atoms with Crippen LogP contribution in [0.3, 0.4) is 0 Å². The molecule has 4 aromatic carbocycles. The molecule has 0 amide bonds. The highest BCUT2D eigenvalue weighted by Crippen LogP contribution is 2.32. The van der Waals surface area contributed by atoms with Gasteiger partial charge >= 0.3 is 5.51 Å². The first-order valence-electron chi connectivity index (χ1n) is 9.69. The second kappa shape index (κ2) is 10.7. The summed E-state index contributed by atoms with van der Waals surface area (Å²) in [4.78, 5) is 4.04. The first-order valence-corrected chi connectivity index (χ1v) is 12.3. The van der Waals surface area contributed by atoms with Gasteiger partial charge in [0, 0.05) is 0 Å². The van der Waals surface area contributed by atoms with Gasteiger partial charge in [-0.1, -0.05) is 66.7 Å². The zero-order chi connectivity index (χ0) is 23.9. The standard InChI is InChI=1S/C24H19S.CHF3O3S/c1-4-10-20(11-5-1)21-16-18-24(19-17-21)25(22-12-6-2-7-13-22)23-14-8-3-9-15-23;2-1(3,4)8(5,6)7/h1-19H;(H,5,6,7)/q+1;/p-1. The van der Waals surface area contributed by atoms with Crippen LogP contribution in [0.15, 0.2) is 130 Å². The van der Waals surface area contributed by atoms with Crippen molar-refractivity contribution in [1.82, 2.24) is 0 Å². The Morgan fingerprint density at radius 2 is 0.848 bits per heavy atom. The second-order valence-electron chi connectivity index (χ2n) is 6.72. The highest BCUT2D eigenvalue weighted by molar-refractivity contribution is 7.97. The zero-order valence-electron chi connectivity index (χ0n) is 17.1. The third-order valence-corrected chi connectivity index (χ3v) is 7.24. The van der Waals surface area contributed by atoms with E-state index in [-0.39, 0.29) is 10.9 Å². The molecule has 0 aliphatic heterocycles. The minimum Gasteiger partial charge on any atom is -0.741 e. The van der Waals surface area contributed by atoms with Gasteiger partial charge in [0.05, 0.1) is 10.9 Å². The lowest BCUT2D eigenvalue weighted by atomic mass is 10.1. The normalized spacial score (nSPS) is 11.5. The fraction of sp³-hybridized carbons (Fsp3) is 0.0400. The highest BCUT2D eigenvalue weighted by Gasteiger charge is 2.37. The largest absolute Gasteiger partial charge is 0.741 e. The van der Waals surface area contributed by atoms with E-state index < -0.39 is 15.6 Å². The van der Waals surface area contributed by atoms with Gasteiger partial charge in [-0.05, 0) is 59.7 Å². The molecule has 0 fully saturated rings. The Balaban J connectivity index is 0.000000331. The van der Waals surface area contributed by atoms with E-state index in [0.29, 0.717) is 0 Å². The van der Waals surface area contributed by atoms with Gasteiger partial charge in [0.25, 0.3) is 0 Å². The molecular formula is C25H19F3O3S2. The summed E-state index contributed by atoms with van der Waals surface area (Å²) in [5.74, 6) is 0. The van der Waals surface area contributed by atoms with Crippen LogP contribution in [0.1, 0.15) is 0 Å². The zero-order valence-corrected chi connectivity index (χ0v) is 18.8. The van der Waals surface area contributed by atoms with E-state index in [2.05, 4.69) is 115 Å². The van der Waals surface area contributed by atoms with Crippen molar-refractivity contribution in [3.05, 3.63) is 115 Å². The molecule has 3 nitrogen and oxygen atoms in total. The lowest BCUT2D eigenvalue weighted by Crippen LogP contribution is -2.21. The molecule has 0 unspecified atom stereocenters. The molecule has 4 rings (SSSR count). The van der Waals surface area contributed by atoms with Gasteiger partial charge in [-0.2, -0.15) is 13.2 Å². The predicted molar refractivity (Wildman–Crippen MR) is 123 cm³/mol. The molecule has 0 bridgehead atoms. The van der Waals surface area contributed by atoms with Crippen molar-refractivity contribution in [2.75, 3.05) is 0 Å². The molecule has 0 heterocycles. The van der Waals surface area contributed by atoms with Crippen molar-refractivity contribution < 1.29 is 26.1 Å². The maximum Gasteiger partial charge on any atom is 0.485 e. The number of alkyl halides is 3. The van der Waals surface area contributed by atoms with Gasteiger partial charge in [-0.3, -0.25) is 0 Å². The van der Waals surface area contributed by atoms with Crippen LogP contribution in [-0.4, -0.2) is 18.5 Å². The number of halogens is 3. The minimum absolute atomic E-state index is 0.0793. The first kappa shape index (κ1) is 24.6. The Morgan fingerprint density at radius 3 is 1.21 bits per heavy atom. The first-order chi connectivity index (χ1) is 15.7. The predicted octanol–water partition coefficient (Wildman–Crippen LogP) is 6.50. The highest BCUT2D eigenvalue weighted by atomic mass is 32.2. The fourth-order valence-corrected chi connectivity index (χ4v) is 5.02. The van der Waals surface area contributed by atoms with Crippen LogP contribution in [0, 0.1) is 0 Å². The third kappa shape index (κ3) is 6.71. The maximum absolute atomic E-state index is 10.7. The number of rotatable bonds is 4. The van der Waals surface area contributed by atoms with Gasteiger partial charge < -0.3 is 4.55 Å². The molecule has 8 heteroatoms.